The highest BCUT2D eigenvalue weighted by molar-refractivity contribution is 7.92. The van der Waals surface area contributed by atoms with Crippen LogP contribution in [0.15, 0.2) is 29.2 Å². The number of benzene rings is 1. The predicted molar refractivity (Wildman–Crippen MR) is 105 cm³/mol. The predicted octanol–water partition coefficient (Wildman–Crippen LogP) is 6.18. The van der Waals surface area contributed by atoms with E-state index in [-0.39, 0.29) is 10.8 Å². The zero-order valence-corrected chi connectivity index (χ0v) is 16.8. The molecule has 1 aromatic carbocycles. The number of sulfone groups is 1. The number of hydrogen-bond acceptors (Lipinski definition) is 2. The van der Waals surface area contributed by atoms with E-state index in [1.807, 2.05) is 6.92 Å². The first-order valence-electron chi connectivity index (χ1n) is 9.59. The number of unbranched alkanes of at least 4 members (excludes halogenated alkanes) is 6. The van der Waals surface area contributed by atoms with Gasteiger partial charge in [-0.15, -0.1) is 0 Å². The third kappa shape index (κ3) is 7.61. The van der Waals surface area contributed by atoms with Gasteiger partial charge in [-0.2, -0.15) is 0 Å². The minimum atomic E-state index is -3.56. The molecular weight excluding hydrogens is 330 g/mol. The largest absolute Gasteiger partial charge is 0.325 e. The Kier molecular flexibility index (Phi) is 9.82. The van der Waals surface area contributed by atoms with E-state index in [4.69, 9.17) is 6.57 Å². The summed E-state index contributed by atoms with van der Waals surface area (Å²) in [6, 6.07) is 6.80. The van der Waals surface area contributed by atoms with E-state index in [1.165, 1.54) is 38.5 Å². The van der Waals surface area contributed by atoms with Crippen LogP contribution in [0.25, 0.3) is 4.85 Å². The van der Waals surface area contributed by atoms with Crippen LogP contribution in [0.1, 0.15) is 77.2 Å². The monoisotopic (exact) mass is 363 g/mol. The molecule has 0 spiro atoms. The standard InChI is InChI=1S/C21H33NO2S/c1-5-6-7-8-9-10-11-12-19(3)17-21(22-4)25(23,24)20-15-13-18(2)14-16-20/h13-16,19,21H,5-12,17H2,1-3H3/t19-,21?/m1/s1. The van der Waals surface area contributed by atoms with Crippen molar-refractivity contribution in [2.24, 2.45) is 5.92 Å². The van der Waals surface area contributed by atoms with Gasteiger partial charge in [0.1, 0.15) is 0 Å². The van der Waals surface area contributed by atoms with Gasteiger partial charge in [-0.25, -0.2) is 15.0 Å². The second-order valence-corrected chi connectivity index (χ2v) is 9.30. The van der Waals surface area contributed by atoms with Crippen LogP contribution in [0, 0.1) is 19.4 Å². The van der Waals surface area contributed by atoms with Gasteiger partial charge in [0.2, 0.25) is 0 Å². The Hall–Kier alpha value is -1.34. The average molecular weight is 364 g/mol. The van der Waals surface area contributed by atoms with Gasteiger partial charge in [-0.05, 0) is 25.0 Å². The van der Waals surface area contributed by atoms with E-state index in [9.17, 15) is 8.42 Å². The van der Waals surface area contributed by atoms with Crippen molar-refractivity contribution in [3.63, 3.8) is 0 Å². The molecule has 0 radical (unpaired) electrons. The molecule has 0 heterocycles. The lowest BCUT2D eigenvalue weighted by atomic mass is 9.99. The van der Waals surface area contributed by atoms with Crippen molar-refractivity contribution in [1.29, 1.82) is 0 Å². The molecule has 2 atom stereocenters. The molecule has 1 rings (SSSR count). The molecule has 0 aliphatic rings. The molecule has 0 bridgehead atoms. The van der Waals surface area contributed by atoms with E-state index in [1.54, 1.807) is 24.3 Å². The van der Waals surface area contributed by atoms with E-state index in [2.05, 4.69) is 18.7 Å². The fraction of sp³-hybridized carbons (Fsp3) is 0.667. The molecule has 140 valence electrons. The Morgan fingerprint density at radius 2 is 1.56 bits per heavy atom. The molecule has 0 fully saturated rings. The molecular formula is C21H33NO2S. The number of hydrogen-bond donors (Lipinski definition) is 0. The summed E-state index contributed by atoms with van der Waals surface area (Å²) in [6.07, 6.45) is 10.2. The second-order valence-electron chi connectivity index (χ2n) is 7.19. The molecule has 1 aromatic rings. The average Bonchev–Trinajstić information content (AvgIpc) is 2.59. The van der Waals surface area contributed by atoms with Crippen LogP contribution in [-0.2, 0) is 9.84 Å². The Morgan fingerprint density at radius 1 is 1.00 bits per heavy atom. The highest BCUT2D eigenvalue weighted by atomic mass is 32.2. The topological polar surface area (TPSA) is 38.5 Å². The van der Waals surface area contributed by atoms with Crippen LogP contribution in [0.4, 0.5) is 0 Å². The molecule has 0 aromatic heterocycles. The third-order valence-corrected chi connectivity index (χ3v) is 6.70. The van der Waals surface area contributed by atoms with Gasteiger partial charge in [-0.3, -0.25) is 4.85 Å². The van der Waals surface area contributed by atoms with Crippen LogP contribution in [0.5, 0.6) is 0 Å². The molecule has 0 N–H and O–H groups in total. The number of aryl methyl sites for hydroxylation is 1. The minimum absolute atomic E-state index is 0.259. The molecule has 0 saturated heterocycles. The van der Waals surface area contributed by atoms with Gasteiger partial charge in [0, 0.05) is 6.42 Å². The van der Waals surface area contributed by atoms with Gasteiger partial charge in [-0.1, -0.05) is 82.9 Å². The SMILES string of the molecule is [C-]#[N+]C(C[C@H](C)CCCCCCCCC)S(=O)(=O)c1ccc(C)cc1. The summed E-state index contributed by atoms with van der Waals surface area (Å²) in [4.78, 5) is 3.70. The summed E-state index contributed by atoms with van der Waals surface area (Å²) in [5.41, 5.74) is 1.02. The lowest BCUT2D eigenvalue weighted by Gasteiger charge is -2.13. The van der Waals surface area contributed by atoms with Crippen molar-refractivity contribution in [2.45, 2.75) is 88.8 Å². The minimum Gasteiger partial charge on any atom is -0.296 e. The molecule has 0 aliphatic heterocycles. The molecule has 1 unspecified atom stereocenters. The Balaban J connectivity index is 2.46. The lowest BCUT2D eigenvalue weighted by Crippen LogP contribution is -2.20. The quantitative estimate of drug-likeness (QED) is 0.328. The molecule has 0 aliphatic carbocycles. The van der Waals surface area contributed by atoms with Crippen LogP contribution >= 0.6 is 0 Å². The van der Waals surface area contributed by atoms with E-state index in [0.29, 0.717) is 6.42 Å². The lowest BCUT2D eigenvalue weighted by molar-refractivity contribution is 0.453. The molecule has 25 heavy (non-hydrogen) atoms. The maximum absolute atomic E-state index is 12.7. The first-order valence-corrected chi connectivity index (χ1v) is 11.1. The van der Waals surface area contributed by atoms with Gasteiger partial charge in [0.25, 0.3) is 9.84 Å². The van der Waals surface area contributed by atoms with E-state index in [0.717, 1.165) is 18.4 Å². The Morgan fingerprint density at radius 3 is 2.12 bits per heavy atom. The zero-order valence-electron chi connectivity index (χ0n) is 16.0. The third-order valence-electron chi connectivity index (χ3n) is 4.76. The molecule has 0 amide bonds. The summed E-state index contributed by atoms with van der Waals surface area (Å²) >= 11 is 0. The van der Waals surface area contributed by atoms with Crippen molar-refractivity contribution >= 4 is 9.84 Å². The van der Waals surface area contributed by atoms with Gasteiger partial charge < -0.3 is 0 Å². The first-order chi connectivity index (χ1) is 11.9. The van der Waals surface area contributed by atoms with Crippen LogP contribution in [0.3, 0.4) is 0 Å². The number of rotatable bonds is 12. The van der Waals surface area contributed by atoms with Gasteiger partial charge in [0.15, 0.2) is 0 Å². The number of nitrogens with zero attached hydrogens (tertiary/aromatic N) is 1. The van der Waals surface area contributed by atoms with Crippen LogP contribution < -0.4 is 0 Å². The highest BCUT2D eigenvalue weighted by Gasteiger charge is 2.33. The Bertz CT molecular complexity index is 629. The van der Waals surface area contributed by atoms with Crippen molar-refractivity contribution < 1.29 is 8.42 Å². The molecule has 3 nitrogen and oxygen atoms in total. The van der Waals surface area contributed by atoms with Crippen LogP contribution in [0.2, 0.25) is 0 Å². The summed E-state index contributed by atoms with van der Waals surface area (Å²) in [7, 11) is -3.56. The summed E-state index contributed by atoms with van der Waals surface area (Å²) in [6.45, 7) is 13.6. The highest BCUT2D eigenvalue weighted by Crippen LogP contribution is 2.25. The van der Waals surface area contributed by atoms with Gasteiger partial charge in [0.05, 0.1) is 4.90 Å². The van der Waals surface area contributed by atoms with E-state index < -0.39 is 15.2 Å². The maximum atomic E-state index is 12.7. The second kappa shape index (κ2) is 11.3. The summed E-state index contributed by atoms with van der Waals surface area (Å²) < 4.78 is 25.3. The first kappa shape index (κ1) is 21.7. The molecule has 0 saturated carbocycles. The summed E-state index contributed by atoms with van der Waals surface area (Å²) in [5.74, 6) is 0.259. The van der Waals surface area contributed by atoms with E-state index >= 15 is 0 Å². The molecule has 4 heteroatoms. The van der Waals surface area contributed by atoms with Crippen molar-refractivity contribution in [2.75, 3.05) is 0 Å². The van der Waals surface area contributed by atoms with Gasteiger partial charge >= 0.3 is 5.37 Å². The normalized spacial score (nSPS) is 14.0. The summed E-state index contributed by atoms with van der Waals surface area (Å²) in [5, 5.41) is -0.963. The fourth-order valence-electron chi connectivity index (χ4n) is 3.05. The smallest absolute Gasteiger partial charge is 0.296 e. The fourth-order valence-corrected chi connectivity index (χ4v) is 4.60. The van der Waals surface area contributed by atoms with Crippen molar-refractivity contribution in [3.8, 4) is 0 Å². The van der Waals surface area contributed by atoms with Crippen LogP contribution in [-0.4, -0.2) is 13.8 Å². The maximum Gasteiger partial charge on any atom is 0.325 e. The van der Waals surface area contributed by atoms with Crippen molar-refractivity contribution in [3.05, 3.63) is 41.2 Å². The Labute approximate surface area is 154 Å². The van der Waals surface area contributed by atoms with Crippen molar-refractivity contribution in [1.82, 2.24) is 0 Å². The zero-order chi connectivity index (χ0) is 18.7.